The molecule has 0 bridgehead atoms. The fraction of sp³-hybridized carbons (Fsp3) is 0.400. The molecule has 5 heteroatoms. The zero-order chi connectivity index (χ0) is 14.3. The van der Waals surface area contributed by atoms with Crippen LogP contribution in [0.3, 0.4) is 0 Å². The van der Waals surface area contributed by atoms with Gasteiger partial charge in [0.15, 0.2) is 0 Å². The molecule has 1 heterocycles. The van der Waals surface area contributed by atoms with Crippen LogP contribution in [0.25, 0.3) is 0 Å². The number of nitrogens with zero attached hydrogens (tertiary/aromatic N) is 1. The molecular weight excluding hydrogens is 258 g/mol. The number of fused-ring (bicyclic) bond motifs is 1. The monoisotopic (exact) mass is 273 g/mol. The third kappa shape index (κ3) is 1.90. The molecule has 2 unspecified atom stereocenters. The quantitative estimate of drug-likeness (QED) is 0.850. The third-order valence-electron chi connectivity index (χ3n) is 4.26. The van der Waals surface area contributed by atoms with Crippen molar-refractivity contribution in [3.05, 3.63) is 35.4 Å². The lowest BCUT2D eigenvalue weighted by Gasteiger charge is -2.17. The zero-order valence-electron chi connectivity index (χ0n) is 10.9. The Labute approximate surface area is 116 Å². The lowest BCUT2D eigenvalue weighted by molar-refractivity contribution is -0.141. The number of carbonyl (C=O) groups is 3. The number of hydrogen-bond donors (Lipinski definition) is 1. The van der Waals surface area contributed by atoms with Crippen molar-refractivity contribution in [3.63, 3.8) is 0 Å². The maximum Gasteiger partial charge on any atom is 0.336 e. The molecule has 1 aliphatic heterocycles. The maximum absolute atomic E-state index is 12.2. The Kier molecular flexibility index (Phi) is 3.04. The van der Waals surface area contributed by atoms with Gasteiger partial charge in [-0.05, 0) is 24.5 Å². The normalized spacial score (nSPS) is 25.1. The summed E-state index contributed by atoms with van der Waals surface area (Å²) in [6.45, 7) is 0.0626. The van der Waals surface area contributed by atoms with Gasteiger partial charge in [-0.1, -0.05) is 24.6 Å². The standard InChI is InChI=1S/C15H15NO4/c17-13-11-6-3-7-12(11)14(18)16(13)8-9-4-1-2-5-10(9)15(19)20/h1-2,4-5,11-12H,3,6-8H2,(H,19,20). The summed E-state index contributed by atoms with van der Waals surface area (Å²) in [5, 5.41) is 9.14. The van der Waals surface area contributed by atoms with Gasteiger partial charge in [-0.15, -0.1) is 0 Å². The summed E-state index contributed by atoms with van der Waals surface area (Å²) in [6.07, 6.45) is 2.46. The van der Waals surface area contributed by atoms with E-state index in [-0.39, 0.29) is 35.8 Å². The van der Waals surface area contributed by atoms with Crippen molar-refractivity contribution >= 4 is 17.8 Å². The first-order valence-corrected chi connectivity index (χ1v) is 6.76. The van der Waals surface area contributed by atoms with E-state index in [1.165, 1.54) is 11.0 Å². The average molecular weight is 273 g/mol. The molecular formula is C15H15NO4. The van der Waals surface area contributed by atoms with Crippen LogP contribution in [0.4, 0.5) is 0 Å². The molecule has 5 nitrogen and oxygen atoms in total. The van der Waals surface area contributed by atoms with Crippen LogP contribution in [0.1, 0.15) is 35.2 Å². The van der Waals surface area contributed by atoms with E-state index in [4.69, 9.17) is 5.11 Å². The van der Waals surface area contributed by atoms with Crippen molar-refractivity contribution in [2.24, 2.45) is 11.8 Å². The Bertz CT molecular complexity index is 573. The fourth-order valence-electron chi connectivity index (χ4n) is 3.25. The van der Waals surface area contributed by atoms with Crippen LogP contribution in [0, 0.1) is 11.8 Å². The van der Waals surface area contributed by atoms with E-state index < -0.39 is 5.97 Å². The molecule has 0 spiro atoms. The SMILES string of the molecule is O=C(O)c1ccccc1CN1C(=O)C2CCCC2C1=O. The molecule has 0 aromatic heterocycles. The minimum Gasteiger partial charge on any atom is -0.478 e. The number of carbonyl (C=O) groups excluding carboxylic acids is 2. The second-order valence-electron chi connectivity index (χ2n) is 5.37. The van der Waals surface area contributed by atoms with E-state index in [2.05, 4.69) is 0 Å². The molecule has 2 aliphatic rings. The van der Waals surface area contributed by atoms with Crippen molar-refractivity contribution in [3.8, 4) is 0 Å². The summed E-state index contributed by atoms with van der Waals surface area (Å²) in [5.74, 6) is -1.69. The number of aromatic carboxylic acids is 1. The number of rotatable bonds is 3. The molecule has 1 saturated heterocycles. The maximum atomic E-state index is 12.2. The minimum absolute atomic E-state index is 0.0626. The molecule has 0 radical (unpaired) electrons. The van der Waals surface area contributed by atoms with Gasteiger partial charge in [-0.2, -0.15) is 0 Å². The van der Waals surface area contributed by atoms with Gasteiger partial charge in [-0.3, -0.25) is 14.5 Å². The number of hydrogen-bond acceptors (Lipinski definition) is 3. The summed E-state index contributed by atoms with van der Waals surface area (Å²) < 4.78 is 0. The summed E-state index contributed by atoms with van der Waals surface area (Å²) in [4.78, 5) is 36.9. The molecule has 104 valence electrons. The predicted molar refractivity (Wildman–Crippen MR) is 69.8 cm³/mol. The van der Waals surface area contributed by atoms with Gasteiger partial charge in [0.25, 0.3) is 0 Å². The number of benzene rings is 1. The van der Waals surface area contributed by atoms with Crippen LogP contribution in [-0.4, -0.2) is 27.8 Å². The van der Waals surface area contributed by atoms with Gasteiger partial charge in [0, 0.05) is 0 Å². The summed E-state index contributed by atoms with van der Waals surface area (Å²) in [6, 6.07) is 6.49. The molecule has 3 rings (SSSR count). The number of imide groups is 1. The Morgan fingerprint density at radius 1 is 1.15 bits per heavy atom. The van der Waals surface area contributed by atoms with Gasteiger partial charge in [0.05, 0.1) is 23.9 Å². The fourth-order valence-corrected chi connectivity index (χ4v) is 3.25. The Hall–Kier alpha value is -2.17. The lowest BCUT2D eigenvalue weighted by Crippen LogP contribution is -2.31. The van der Waals surface area contributed by atoms with Gasteiger partial charge in [0.1, 0.15) is 0 Å². The highest BCUT2D eigenvalue weighted by Crippen LogP contribution is 2.40. The summed E-state index contributed by atoms with van der Waals surface area (Å²) >= 11 is 0. The number of carboxylic acids is 1. The van der Waals surface area contributed by atoms with Gasteiger partial charge in [0.2, 0.25) is 11.8 Å². The van der Waals surface area contributed by atoms with E-state index >= 15 is 0 Å². The lowest BCUT2D eigenvalue weighted by atomic mass is 10.00. The van der Waals surface area contributed by atoms with Crippen molar-refractivity contribution in [2.45, 2.75) is 25.8 Å². The Morgan fingerprint density at radius 2 is 1.75 bits per heavy atom. The molecule has 1 aromatic carbocycles. The van der Waals surface area contributed by atoms with Gasteiger partial charge in [-0.25, -0.2) is 4.79 Å². The van der Waals surface area contributed by atoms with E-state index in [1.54, 1.807) is 18.2 Å². The molecule has 20 heavy (non-hydrogen) atoms. The van der Waals surface area contributed by atoms with E-state index in [0.29, 0.717) is 5.56 Å². The topological polar surface area (TPSA) is 74.7 Å². The smallest absolute Gasteiger partial charge is 0.336 e. The van der Waals surface area contributed by atoms with Crippen LogP contribution in [0.2, 0.25) is 0 Å². The van der Waals surface area contributed by atoms with Crippen molar-refractivity contribution in [1.82, 2.24) is 4.90 Å². The second kappa shape index (κ2) is 4.74. The molecule has 1 saturated carbocycles. The molecule has 2 atom stereocenters. The van der Waals surface area contributed by atoms with E-state index in [0.717, 1.165) is 19.3 Å². The van der Waals surface area contributed by atoms with Gasteiger partial charge >= 0.3 is 5.97 Å². The Morgan fingerprint density at radius 3 is 2.35 bits per heavy atom. The highest BCUT2D eigenvalue weighted by atomic mass is 16.4. The summed E-state index contributed by atoms with van der Waals surface area (Å²) in [5.41, 5.74) is 0.645. The summed E-state index contributed by atoms with van der Waals surface area (Å²) in [7, 11) is 0. The minimum atomic E-state index is -1.04. The van der Waals surface area contributed by atoms with Crippen LogP contribution in [0.5, 0.6) is 0 Å². The number of amides is 2. The molecule has 2 amide bonds. The Balaban J connectivity index is 1.87. The van der Waals surface area contributed by atoms with Crippen molar-refractivity contribution < 1.29 is 19.5 Å². The molecule has 2 fully saturated rings. The average Bonchev–Trinajstić information content (AvgIpc) is 2.99. The van der Waals surface area contributed by atoms with Crippen LogP contribution in [0.15, 0.2) is 24.3 Å². The third-order valence-corrected chi connectivity index (χ3v) is 4.26. The van der Waals surface area contributed by atoms with Gasteiger partial charge < -0.3 is 5.11 Å². The molecule has 1 N–H and O–H groups in total. The first kappa shape index (κ1) is 12.8. The predicted octanol–water partition coefficient (Wildman–Crippen LogP) is 1.67. The highest BCUT2D eigenvalue weighted by Gasteiger charge is 2.49. The van der Waals surface area contributed by atoms with Crippen LogP contribution >= 0.6 is 0 Å². The molecule has 1 aromatic rings. The van der Waals surface area contributed by atoms with Crippen molar-refractivity contribution in [2.75, 3.05) is 0 Å². The number of likely N-dealkylation sites (tertiary alicyclic amines) is 1. The van der Waals surface area contributed by atoms with Crippen LogP contribution < -0.4 is 0 Å². The van der Waals surface area contributed by atoms with Crippen molar-refractivity contribution in [1.29, 1.82) is 0 Å². The van der Waals surface area contributed by atoms with Crippen LogP contribution in [-0.2, 0) is 16.1 Å². The van der Waals surface area contributed by atoms with E-state index in [1.807, 2.05) is 0 Å². The first-order valence-electron chi connectivity index (χ1n) is 6.76. The molecule has 1 aliphatic carbocycles. The number of carboxylic acid groups (broad SMARTS) is 1. The van der Waals surface area contributed by atoms with E-state index in [9.17, 15) is 14.4 Å². The zero-order valence-corrected chi connectivity index (χ0v) is 10.9. The largest absolute Gasteiger partial charge is 0.478 e. The highest BCUT2D eigenvalue weighted by molar-refractivity contribution is 6.05. The first-order chi connectivity index (χ1) is 9.59. The second-order valence-corrected chi connectivity index (χ2v) is 5.37.